The summed E-state index contributed by atoms with van der Waals surface area (Å²) in [5.41, 5.74) is 0. The molecule has 0 aromatic heterocycles. The Morgan fingerprint density at radius 3 is 1.75 bits per heavy atom. The van der Waals surface area contributed by atoms with E-state index < -0.39 is 0 Å². The van der Waals surface area contributed by atoms with Gasteiger partial charge in [0.1, 0.15) is 0 Å². The molecule has 0 aromatic carbocycles. The minimum Gasteiger partial charge on any atom is -0.385 e. The molecule has 0 aromatic rings. The van der Waals surface area contributed by atoms with Crippen LogP contribution in [0.25, 0.3) is 0 Å². The van der Waals surface area contributed by atoms with Gasteiger partial charge in [-0.25, -0.2) is 0 Å². The molecule has 0 aliphatic heterocycles. The van der Waals surface area contributed by atoms with Gasteiger partial charge in [-0.15, -0.1) is 0 Å². The van der Waals surface area contributed by atoms with Crippen LogP contribution in [0.3, 0.4) is 0 Å². The molecular weight excluding hydrogens is 224 g/mol. The lowest BCUT2D eigenvalue weighted by atomic mass is 10.1. The number of unbranched alkanes of at least 4 members (excludes halogenated alkanes) is 8. The van der Waals surface area contributed by atoms with Crippen molar-refractivity contribution >= 4 is 16.8 Å². The Balaban J connectivity index is 2.90. The zero-order valence-corrected chi connectivity index (χ0v) is 11.2. The maximum atomic E-state index is 10.5. The monoisotopic (exact) mass is 248 g/mol. The highest BCUT2D eigenvalue weighted by Gasteiger charge is 1.96. The van der Waals surface area contributed by atoms with Gasteiger partial charge in [-0.1, -0.05) is 44.9 Å². The van der Waals surface area contributed by atoms with Crippen molar-refractivity contribution in [2.45, 2.75) is 64.2 Å². The molecule has 16 heavy (non-hydrogen) atoms. The van der Waals surface area contributed by atoms with E-state index in [0.717, 1.165) is 19.4 Å². The summed E-state index contributed by atoms with van der Waals surface area (Å²) in [6, 6.07) is 0. The minimum atomic E-state index is -0.196. The SMILES string of the molecule is COCCCCCCCCCCCC(=O)Cl. The van der Waals surface area contributed by atoms with Crippen LogP contribution < -0.4 is 0 Å². The van der Waals surface area contributed by atoms with Crippen LogP contribution in [0.4, 0.5) is 0 Å². The molecule has 0 aliphatic carbocycles. The predicted molar refractivity (Wildman–Crippen MR) is 68.9 cm³/mol. The molecule has 96 valence electrons. The fourth-order valence-electron chi connectivity index (χ4n) is 1.75. The third-order valence-electron chi connectivity index (χ3n) is 2.72. The molecular formula is C13H25ClO2. The van der Waals surface area contributed by atoms with Crippen molar-refractivity contribution < 1.29 is 9.53 Å². The van der Waals surface area contributed by atoms with E-state index in [1.54, 1.807) is 7.11 Å². The fourth-order valence-corrected chi connectivity index (χ4v) is 1.88. The molecule has 0 amide bonds. The maximum absolute atomic E-state index is 10.5. The summed E-state index contributed by atoms with van der Waals surface area (Å²) in [6.45, 7) is 0.895. The van der Waals surface area contributed by atoms with E-state index in [1.165, 1.54) is 44.9 Å². The molecule has 0 bridgehead atoms. The van der Waals surface area contributed by atoms with Crippen LogP contribution in [0.2, 0.25) is 0 Å². The van der Waals surface area contributed by atoms with Crippen molar-refractivity contribution in [2.75, 3.05) is 13.7 Å². The second-order valence-electron chi connectivity index (χ2n) is 4.28. The number of carbonyl (C=O) groups is 1. The largest absolute Gasteiger partial charge is 0.385 e. The quantitative estimate of drug-likeness (QED) is 0.380. The smallest absolute Gasteiger partial charge is 0.221 e. The number of methoxy groups -OCH3 is 1. The Kier molecular flexibility index (Phi) is 12.9. The zero-order chi connectivity index (χ0) is 12.1. The molecule has 3 heteroatoms. The van der Waals surface area contributed by atoms with E-state index in [9.17, 15) is 4.79 Å². The van der Waals surface area contributed by atoms with Crippen molar-refractivity contribution in [2.24, 2.45) is 0 Å². The van der Waals surface area contributed by atoms with Crippen LogP contribution in [0, 0.1) is 0 Å². The van der Waals surface area contributed by atoms with Gasteiger partial charge in [0, 0.05) is 20.1 Å². The molecule has 0 unspecified atom stereocenters. The lowest BCUT2D eigenvalue weighted by molar-refractivity contribution is -0.111. The molecule has 0 rings (SSSR count). The zero-order valence-electron chi connectivity index (χ0n) is 10.5. The first-order valence-electron chi connectivity index (χ1n) is 6.44. The Hall–Kier alpha value is -0.0800. The normalized spacial score (nSPS) is 10.6. The van der Waals surface area contributed by atoms with E-state index in [-0.39, 0.29) is 5.24 Å². The van der Waals surface area contributed by atoms with E-state index >= 15 is 0 Å². The maximum Gasteiger partial charge on any atom is 0.221 e. The second-order valence-corrected chi connectivity index (χ2v) is 4.70. The minimum absolute atomic E-state index is 0.196. The van der Waals surface area contributed by atoms with E-state index in [2.05, 4.69) is 0 Å². The summed E-state index contributed by atoms with van der Waals surface area (Å²) >= 11 is 5.25. The Bertz CT molecular complexity index is 160. The summed E-state index contributed by atoms with van der Waals surface area (Å²) in [5.74, 6) is 0. The van der Waals surface area contributed by atoms with Crippen molar-refractivity contribution in [3.8, 4) is 0 Å². The van der Waals surface area contributed by atoms with Crippen molar-refractivity contribution in [1.82, 2.24) is 0 Å². The van der Waals surface area contributed by atoms with Gasteiger partial charge >= 0.3 is 0 Å². The topological polar surface area (TPSA) is 26.3 Å². The van der Waals surface area contributed by atoms with Crippen LogP contribution in [-0.4, -0.2) is 19.0 Å². The van der Waals surface area contributed by atoms with Gasteiger partial charge in [0.15, 0.2) is 0 Å². The van der Waals surface area contributed by atoms with Gasteiger partial charge in [0.25, 0.3) is 0 Å². The molecule has 0 N–H and O–H groups in total. The van der Waals surface area contributed by atoms with Crippen LogP contribution in [-0.2, 0) is 9.53 Å². The van der Waals surface area contributed by atoms with E-state index in [4.69, 9.17) is 16.3 Å². The number of halogens is 1. The Labute approximate surface area is 105 Å². The summed E-state index contributed by atoms with van der Waals surface area (Å²) < 4.78 is 4.99. The summed E-state index contributed by atoms with van der Waals surface area (Å²) in [5, 5.41) is -0.196. The first-order valence-corrected chi connectivity index (χ1v) is 6.82. The van der Waals surface area contributed by atoms with Crippen molar-refractivity contribution in [1.29, 1.82) is 0 Å². The molecule has 0 spiro atoms. The third kappa shape index (κ3) is 13.9. The summed E-state index contributed by atoms with van der Waals surface area (Å²) in [6.07, 6.45) is 11.6. The van der Waals surface area contributed by atoms with Gasteiger partial charge in [-0.2, -0.15) is 0 Å². The summed E-state index contributed by atoms with van der Waals surface area (Å²) in [4.78, 5) is 10.5. The number of ether oxygens (including phenoxy) is 1. The first kappa shape index (κ1) is 15.9. The van der Waals surface area contributed by atoms with Crippen molar-refractivity contribution in [3.63, 3.8) is 0 Å². The van der Waals surface area contributed by atoms with Crippen molar-refractivity contribution in [3.05, 3.63) is 0 Å². The highest BCUT2D eigenvalue weighted by molar-refractivity contribution is 6.63. The average molecular weight is 249 g/mol. The number of carbonyl (C=O) groups excluding carboxylic acids is 1. The Morgan fingerprint density at radius 2 is 1.31 bits per heavy atom. The second kappa shape index (κ2) is 13.0. The third-order valence-corrected chi connectivity index (χ3v) is 2.91. The predicted octanol–water partition coefficient (Wildman–Crippen LogP) is 4.30. The number of hydrogen-bond acceptors (Lipinski definition) is 2. The molecule has 0 atom stereocenters. The highest BCUT2D eigenvalue weighted by Crippen LogP contribution is 2.11. The van der Waals surface area contributed by atoms with Gasteiger partial charge in [0.05, 0.1) is 0 Å². The Morgan fingerprint density at radius 1 is 0.875 bits per heavy atom. The molecule has 0 saturated heterocycles. The molecule has 0 heterocycles. The molecule has 2 nitrogen and oxygen atoms in total. The number of rotatable bonds is 12. The van der Waals surface area contributed by atoms with Crippen LogP contribution in [0.5, 0.6) is 0 Å². The van der Waals surface area contributed by atoms with Gasteiger partial charge in [-0.05, 0) is 24.4 Å². The molecule has 0 fully saturated rings. The highest BCUT2D eigenvalue weighted by atomic mass is 35.5. The van der Waals surface area contributed by atoms with Crippen LogP contribution in [0.1, 0.15) is 64.2 Å². The van der Waals surface area contributed by atoms with E-state index in [1.807, 2.05) is 0 Å². The lowest BCUT2D eigenvalue weighted by Gasteiger charge is -2.01. The molecule has 0 radical (unpaired) electrons. The van der Waals surface area contributed by atoms with Gasteiger partial charge in [0.2, 0.25) is 5.24 Å². The van der Waals surface area contributed by atoms with E-state index in [0.29, 0.717) is 6.42 Å². The molecule has 0 saturated carbocycles. The molecule has 0 aliphatic rings. The first-order chi connectivity index (χ1) is 7.77. The van der Waals surface area contributed by atoms with Gasteiger partial charge < -0.3 is 4.74 Å². The van der Waals surface area contributed by atoms with Crippen LogP contribution in [0.15, 0.2) is 0 Å². The average Bonchev–Trinajstić information content (AvgIpc) is 2.25. The number of hydrogen-bond donors (Lipinski definition) is 0. The summed E-state index contributed by atoms with van der Waals surface area (Å²) in [7, 11) is 1.76. The van der Waals surface area contributed by atoms with Crippen LogP contribution >= 0.6 is 11.6 Å². The lowest BCUT2D eigenvalue weighted by Crippen LogP contribution is -1.88. The standard InChI is InChI=1S/C13H25ClO2/c1-16-12-10-8-6-4-2-3-5-7-9-11-13(14)15/h2-12H2,1H3. The fraction of sp³-hybridized carbons (Fsp3) is 0.923. The van der Waals surface area contributed by atoms with Gasteiger partial charge in [-0.3, -0.25) is 4.79 Å².